The van der Waals surface area contributed by atoms with E-state index in [2.05, 4.69) is 36.6 Å². The van der Waals surface area contributed by atoms with Crippen molar-refractivity contribution in [3.8, 4) is 0 Å². The van der Waals surface area contributed by atoms with Crippen LogP contribution in [0.2, 0.25) is 0 Å². The zero-order valence-corrected chi connectivity index (χ0v) is 14.4. The summed E-state index contributed by atoms with van der Waals surface area (Å²) in [6.07, 6.45) is 0. The highest BCUT2D eigenvalue weighted by Crippen LogP contribution is 2.25. The van der Waals surface area contributed by atoms with Crippen LogP contribution in [-0.2, 0) is 11.4 Å². The highest BCUT2D eigenvalue weighted by atomic mass is 79.9. The Kier molecular flexibility index (Phi) is 5.53. The summed E-state index contributed by atoms with van der Waals surface area (Å²) in [4.78, 5) is 0. The number of hydrogen-bond donors (Lipinski definition) is 1. The van der Waals surface area contributed by atoms with Crippen LogP contribution in [0.5, 0.6) is 0 Å². The Labute approximate surface area is 123 Å². The van der Waals surface area contributed by atoms with Crippen molar-refractivity contribution >= 4 is 43.2 Å². The van der Waals surface area contributed by atoms with Crippen LogP contribution in [0.4, 0.5) is 0 Å². The van der Waals surface area contributed by atoms with E-state index in [1.54, 1.807) is 0 Å². The maximum Gasteiger partial charge on any atom is 0.136 e. The van der Waals surface area contributed by atoms with Crippen LogP contribution >= 0.6 is 31.9 Å². The first kappa shape index (κ1) is 15.5. The van der Waals surface area contributed by atoms with Crippen LogP contribution in [0.25, 0.3) is 0 Å². The molecule has 2 nitrogen and oxygen atoms in total. The van der Waals surface area contributed by atoms with E-state index < -0.39 is 11.4 Å². The first-order chi connectivity index (χ1) is 7.70. The predicted octanol–water partition coefficient (Wildman–Crippen LogP) is 4.32. The summed E-state index contributed by atoms with van der Waals surface area (Å²) in [5.41, 5.74) is 1.10. The SMILES string of the molecule is C[C@@H](N[S@@+]([O-])C(C)(C)C)c1cc(Br)cc(Br)c1. The molecule has 0 bridgehead atoms. The van der Waals surface area contributed by atoms with Gasteiger partial charge in [0.25, 0.3) is 0 Å². The molecule has 1 aromatic rings. The molecule has 1 N–H and O–H groups in total. The lowest BCUT2D eigenvalue weighted by Crippen LogP contribution is -2.40. The van der Waals surface area contributed by atoms with Crippen molar-refractivity contribution in [2.75, 3.05) is 0 Å². The summed E-state index contributed by atoms with van der Waals surface area (Å²) < 4.78 is 16.9. The van der Waals surface area contributed by atoms with E-state index in [9.17, 15) is 4.55 Å². The number of benzene rings is 1. The van der Waals surface area contributed by atoms with Gasteiger partial charge in [-0.3, -0.25) is 0 Å². The van der Waals surface area contributed by atoms with E-state index >= 15 is 0 Å². The van der Waals surface area contributed by atoms with Gasteiger partial charge in [0, 0.05) is 20.3 Å². The molecule has 2 atom stereocenters. The molecule has 0 unspecified atom stereocenters. The second-order valence-electron chi connectivity index (χ2n) is 4.92. The van der Waals surface area contributed by atoms with Gasteiger partial charge >= 0.3 is 0 Å². The number of hydrogen-bond acceptors (Lipinski definition) is 2. The highest BCUT2D eigenvalue weighted by molar-refractivity contribution is 9.11. The molecular weight excluding hydrogens is 366 g/mol. The van der Waals surface area contributed by atoms with Crippen LogP contribution in [0.15, 0.2) is 27.1 Å². The minimum atomic E-state index is -1.06. The molecule has 5 heteroatoms. The third-order valence-corrected chi connectivity index (χ3v) is 4.82. The molecule has 0 aliphatic heterocycles. The molecule has 1 aromatic carbocycles. The van der Waals surface area contributed by atoms with Crippen LogP contribution in [0, 0.1) is 0 Å². The van der Waals surface area contributed by atoms with Gasteiger partial charge in [0.15, 0.2) is 0 Å². The third-order valence-electron chi connectivity index (χ3n) is 2.22. The molecule has 0 saturated heterocycles. The minimum Gasteiger partial charge on any atom is -0.598 e. The Bertz CT molecular complexity index is 372. The van der Waals surface area contributed by atoms with Crippen LogP contribution in [0.1, 0.15) is 39.3 Å². The second kappa shape index (κ2) is 6.06. The van der Waals surface area contributed by atoms with Gasteiger partial charge in [-0.15, -0.1) is 4.72 Å². The van der Waals surface area contributed by atoms with Gasteiger partial charge in [-0.25, -0.2) is 0 Å². The summed E-state index contributed by atoms with van der Waals surface area (Å²) in [6.45, 7) is 7.89. The van der Waals surface area contributed by atoms with Crippen LogP contribution < -0.4 is 4.72 Å². The zero-order chi connectivity index (χ0) is 13.2. The summed E-state index contributed by atoms with van der Waals surface area (Å²) in [7, 11) is 0. The molecule has 0 fully saturated rings. The molecular formula is C12H17Br2NOS. The fourth-order valence-corrected chi connectivity index (χ4v) is 3.37. The molecule has 0 saturated carbocycles. The Morgan fingerprint density at radius 1 is 1.18 bits per heavy atom. The van der Waals surface area contributed by atoms with E-state index in [0.29, 0.717) is 0 Å². The van der Waals surface area contributed by atoms with E-state index in [1.165, 1.54) is 0 Å². The fraction of sp³-hybridized carbons (Fsp3) is 0.500. The van der Waals surface area contributed by atoms with Crippen molar-refractivity contribution in [1.29, 1.82) is 0 Å². The van der Waals surface area contributed by atoms with Gasteiger partial charge in [0.1, 0.15) is 4.75 Å². The Morgan fingerprint density at radius 2 is 1.65 bits per heavy atom. The summed E-state index contributed by atoms with van der Waals surface area (Å²) in [6, 6.07) is 6.09. The highest BCUT2D eigenvalue weighted by Gasteiger charge is 2.28. The lowest BCUT2D eigenvalue weighted by Gasteiger charge is -2.26. The molecule has 1 rings (SSSR count). The molecule has 0 aliphatic carbocycles. The summed E-state index contributed by atoms with van der Waals surface area (Å²) in [5.74, 6) is 0. The van der Waals surface area contributed by atoms with Crippen molar-refractivity contribution in [1.82, 2.24) is 4.72 Å². The maximum absolute atomic E-state index is 12.0. The van der Waals surface area contributed by atoms with E-state index in [4.69, 9.17) is 0 Å². The average Bonchev–Trinajstić information content (AvgIpc) is 2.14. The van der Waals surface area contributed by atoms with Crippen molar-refractivity contribution in [3.05, 3.63) is 32.7 Å². The maximum atomic E-state index is 12.0. The van der Waals surface area contributed by atoms with Crippen molar-refractivity contribution < 1.29 is 4.55 Å². The Balaban J connectivity index is 2.79. The van der Waals surface area contributed by atoms with Gasteiger partial charge in [-0.2, -0.15) is 0 Å². The standard InChI is InChI=1S/C12H17Br2NOS/c1-8(15-17(16)12(2,3)4)9-5-10(13)7-11(14)6-9/h5-8,15H,1-4H3/t8-,17+/m1/s1. The molecule has 96 valence electrons. The molecule has 0 amide bonds. The van der Waals surface area contributed by atoms with Gasteiger partial charge in [0.05, 0.1) is 6.04 Å². The Hall–Kier alpha value is 0.450. The van der Waals surface area contributed by atoms with Gasteiger partial charge in [0.2, 0.25) is 0 Å². The monoisotopic (exact) mass is 381 g/mol. The Morgan fingerprint density at radius 3 is 2.06 bits per heavy atom. The molecule has 0 heterocycles. The first-order valence-corrected chi connectivity index (χ1v) is 8.08. The second-order valence-corrected chi connectivity index (χ2v) is 8.75. The average molecular weight is 383 g/mol. The van der Waals surface area contributed by atoms with Crippen molar-refractivity contribution in [2.45, 2.75) is 38.5 Å². The number of nitrogens with one attached hydrogen (secondary N) is 1. The molecule has 17 heavy (non-hydrogen) atoms. The van der Waals surface area contributed by atoms with Crippen molar-refractivity contribution in [3.63, 3.8) is 0 Å². The van der Waals surface area contributed by atoms with Crippen molar-refractivity contribution in [2.24, 2.45) is 0 Å². The van der Waals surface area contributed by atoms with Crippen LogP contribution in [0.3, 0.4) is 0 Å². The molecule has 0 spiro atoms. The molecule has 0 radical (unpaired) electrons. The lowest BCUT2D eigenvalue weighted by atomic mass is 10.1. The molecule has 0 aromatic heterocycles. The van der Waals surface area contributed by atoms with Gasteiger partial charge in [-0.05, 0) is 51.5 Å². The normalized spacial score (nSPS) is 15.7. The predicted molar refractivity (Wildman–Crippen MR) is 81.3 cm³/mol. The van der Waals surface area contributed by atoms with E-state index in [-0.39, 0.29) is 10.8 Å². The van der Waals surface area contributed by atoms with E-state index in [1.807, 2.05) is 45.9 Å². The lowest BCUT2D eigenvalue weighted by molar-refractivity contribution is 0.531. The van der Waals surface area contributed by atoms with Gasteiger partial charge < -0.3 is 4.55 Å². The van der Waals surface area contributed by atoms with E-state index in [0.717, 1.165) is 14.5 Å². The number of halogens is 2. The smallest absolute Gasteiger partial charge is 0.136 e. The summed E-state index contributed by atoms with van der Waals surface area (Å²) in [5, 5.41) is 0. The minimum absolute atomic E-state index is 0.0452. The topological polar surface area (TPSA) is 35.1 Å². The third kappa shape index (κ3) is 4.91. The van der Waals surface area contributed by atoms with Gasteiger partial charge in [-0.1, -0.05) is 31.9 Å². The molecule has 0 aliphatic rings. The summed E-state index contributed by atoms with van der Waals surface area (Å²) >= 11 is 5.84. The zero-order valence-electron chi connectivity index (χ0n) is 10.4. The largest absolute Gasteiger partial charge is 0.598 e. The number of rotatable bonds is 3. The van der Waals surface area contributed by atoms with Crippen LogP contribution in [-0.4, -0.2) is 9.30 Å². The fourth-order valence-electron chi connectivity index (χ4n) is 1.23. The first-order valence-electron chi connectivity index (χ1n) is 5.34. The quantitative estimate of drug-likeness (QED) is 0.789.